The van der Waals surface area contributed by atoms with Gasteiger partial charge in [0.05, 0.1) is 27.8 Å². The van der Waals surface area contributed by atoms with Crippen molar-refractivity contribution in [3.05, 3.63) is 106 Å². The number of nitrogens with one attached hydrogen (secondary N) is 1. The summed E-state index contributed by atoms with van der Waals surface area (Å²) in [4.78, 5) is 43.0. The third-order valence-electron chi connectivity index (χ3n) is 9.40. The molecule has 0 bridgehead atoms. The molecule has 0 aliphatic carbocycles. The summed E-state index contributed by atoms with van der Waals surface area (Å²) in [7, 11) is 3.97. The van der Waals surface area contributed by atoms with E-state index in [-0.39, 0.29) is 11.8 Å². The molecule has 5 aromatic rings. The third kappa shape index (κ3) is 6.00. The first kappa shape index (κ1) is 31.0. The molecular formula is C36H36ClN7O3. The molecule has 240 valence electrons. The number of imidazole rings is 1. The van der Waals surface area contributed by atoms with Crippen LogP contribution in [0.1, 0.15) is 44.4 Å². The number of amides is 1. The fraction of sp³-hybridized carbons (Fsp3) is 0.306. The lowest BCUT2D eigenvalue weighted by Gasteiger charge is -2.36. The molecule has 11 heteroatoms. The molecule has 2 aliphatic heterocycles. The van der Waals surface area contributed by atoms with Crippen LogP contribution >= 0.6 is 11.6 Å². The van der Waals surface area contributed by atoms with Gasteiger partial charge in [-0.2, -0.15) is 0 Å². The predicted octanol–water partition coefficient (Wildman–Crippen LogP) is 5.34. The zero-order valence-electron chi connectivity index (χ0n) is 26.6. The number of aliphatic carboxylic acids is 1. The number of hydrogen-bond donors (Lipinski definition) is 2. The van der Waals surface area contributed by atoms with Gasteiger partial charge < -0.3 is 19.9 Å². The Morgan fingerprint density at radius 2 is 1.85 bits per heavy atom. The summed E-state index contributed by atoms with van der Waals surface area (Å²) in [5, 5.41) is 13.9. The lowest BCUT2D eigenvalue weighted by molar-refractivity contribution is -0.147. The van der Waals surface area contributed by atoms with Crippen molar-refractivity contribution in [3.63, 3.8) is 0 Å². The number of halogens is 1. The molecule has 5 heterocycles. The number of pyridine rings is 2. The molecule has 2 aliphatic rings. The molecule has 0 atom stereocenters. The first-order valence-corrected chi connectivity index (χ1v) is 16.1. The van der Waals surface area contributed by atoms with E-state index >= 15 is 0 Å². The van der Waals surface area contributed by atoms with Gasteiger partial charge in [0.2, 0.25) is 0 Å². The van der Waals surface area contributed by atoms with E-state index in [1.165, 1.54) is 0 Å². The Morgan fingerprint density at radius 3 is 2.66 bits per heavy atom. The molecule has 7 rings (SSSR count). The van der Waals surface area contributed by atoms with Crippen LogP contribution in [0.5, 0.6) is 0 Å². The second-order valence-electron chi connectivity index (χ2n) is 12.7. The molecule has 0 unspecified atom stereocenters. The standard InChI is InChI=1S/C36H36ClN7O3/c1-21-26(7-5-9-28(21)41-35(45)34-40-30-20-42(2)13-11-31(30)43(34)3)27-8-4-6-23(32(27)37)15-29-33-24(10-12-38-29)14-22(16-39-33)17-44-18-25(19-44)36(46)47/h4-10,12,14,16,25H,11,13,15,17-20H2,1-3H3,(H,41,45)(H,46,47). The van der Waals surface area contributed by atoms with Crippen LogP contribution in [0, 0.1) is 12.8 Å². The van der Waals surface area contributed by atoms with Crippen molar-refractivity contribution in [1.29, 1.82) is 0 Å². The number of carbonyl (C=O) groups is 2. The van der Waals surface area contributed by atoms with Crippen LogP contribution in [0.2, 0.25) is 5.02 Å². The molecule has 1 fully saturated rings. The number of anilines is 1. The van der Waals surface area contributed by atoms with E-state index in [0.717, 1.165) is 75.3 Å². The molecule has 0 spiro atoms. The molecular weight excluding hydrogens is 614 g/mol. The molecule has 2 N–H and O–H groups in total. The number of rotatable bonds is 8. The largest absolute Gasteiger partial charge is 0.481 e. The highest BCUT2D eigenvalue weighted by molar-refractivity contribution is 6.34. The summed E-state index contributed by atoms with van der Waals surface area (Å²) >= 11 is 7.10. The second kappa shape index (κ2) is 12.5. The maximum absolute atomic E-state index is 13.4. The van der Waals surface area contributed by atoms with E-state index in [4.69, 9.17) is 16.6 Å². The molecule has 47 heavy (non-hydrogen) atoms. The van der Waals surface area contributed by atoms with Crippen molar-refractivity contribution in [2.24, 2.45) is 13.0 Å². The summed E-state index contributed by atoms with van der Waals surface area (Å²) < 4.78 is 1.91. The first-order chi connectivity index (χ1) is 22.7. The van der Waals surface area contributed by atoms with Crippen molar-refractivity contribution < 1.29 is 14.7 Å². The van der Waals surface area contributed by atoms with Crippen molar-refractivity contribution in [1.82, 2.24) is 29.3 Å². The maximum Gasteiger partial charge on any atom is 0.309 e. The average molecular weight is 650 g/mol. The van der Waals surface area contributed by atoms with Gasteiger partial charge in [0.1, 0.15) is 0 Å². The number of hydrogen-bond acceptors (Lipinski definition) is 7. The fourth-order valence-electron chi connectivity index (χ4n) is 6.70. The van der Waals surface area contributed by atoms with Crippen LogP contribution in [-0.2, 0) is 37.8 Å². The Kier molecular flexibility index (Phi) is 8.25. The van der Waals surface area contributed by atoms with Crippen LogP contribution in [0.3, 0.4) is 0 Å². The monoisotopic (exact) mass is 649 g/mol. The Labute approximate surface area is 278 Å². The SMILES string of the molecule is Cc1c(NC(=O)c2nc3c(n2C)CCN(C)C3)cccc1-c1cccc(Cc2nccc3cc(CN4CC(C(=O)O)C4)cnc23)c1Cl. The fourth-order valence-corrected chi connectivity index (χ4v) is 7.00. The third-order valence-corrected chi connectivity index (χ3v) is 9.85. The Bertz CT molecular complexity index is 2040. The first-order valence-electron chi connectivity index (χ1n) is 15.8. The van der Waals surface area contributed by atoms with Gasteiger partial charge in [-0.15, -0.1) is 0 Å². The number of carboxylic acids is 1. The number of likely N-dealkylation sites (tertiary alicyclic amines) is 1. The van der Waals surface area contributed by atoms with Crippen molar-refractivity contribution >= 4 is 40.1 Å². The van der Waals surface area contributed by atoms with Gasteiger partial charge in [0.15, 0.2) is 5.82 Å². The Morgan fingerprint density at radius 1 is 1.06 bits per heavy atom. The minimum absolute atomic E-state index is 0.239. The maximum atomic E-state index is 13.4. The van der Waals surface area contributed by atoms with E-state index in [9.17, 15) is 14.7 Å². The van der Waals surface area contributed by atoms with E-state index < -0.39 is 5.97 Å². The number of nitrogens with zero attached hydrogens (tertiary/aromatic N) is 6. The molecule has 10 nitrogen and oxygen atoms in total. The zero-order valence-corrected chi connectivity index (χ0v) is 27.4. The predicted molar refractivity (Wildman–Crippen MR) is 182 cm³/mol. The quantitative estimate of drug-likeness (QED) is 0.232. The van der Waals surface area contributed by atoms with E-state index in [2.05, 4.69) is 38.2 Å². The minimum Gasteiger partial charge on any atom is -0.481 e. The van der Waals surface area contributed by atoms with Crippen molar-refractivity contribution in [2.45, 2.75) is 32.9 Å². The highest BCUT2D eigenvalue weighted by Gasteiger charge is 2.32. The van der Waals surface area contributed by atoms with Gasteiger partial charge in [-0.1, -0.05) is 41.9 Å². The molecule has 0 saturated carbocycles. The number of aromatic nitrogens is 4. The van der Waals surface area contributed by atoms with Gasteiger partial charge >= 0.3 is 5.97 Å². The number of carboxylic acid groups (broad SMARTS) is 1. The highest BCUT2D eigenvalue weighted by Crippen LogP contribution is 2.36. The van der Waals surface area contributed by atoms with Crippen molar-refractivity contribution in [2.75, 3.05) is 32.0 Å². The van der Waals surface area contributed by atoms with E-state index in [1.807, 2.05) is 67.2 Å². The summed E-state index contributed by atoms with van der Waals surface area (Å²) in [6.07, 6.45) is 5.00. The van der Waals surface area contributed by atoms with E-state index in [1.54, 1.807) is 6.20 Å². The number of fused-ring (bicyclic) bond motifs is 2. The molecule has 1 amide bonds. The van der Waals surface area contributed by atoms with Crippen LogP contribution in [0.25, 0.3) is 22.0 Å². The zero-order chi connectivity index (χ0) is 32.8. The molecule has 3 aromatic heterocycles. The molecule has 0 radical (unpaired) electrons. The molecule has 2 aromatic carbocycles. The average Bonchev–Trinajstić information content (AvgIpc) is 3.36. The van der Waals surface area contributed by atoms with Crippen LogP contribution < -0.4 is 5.32 Å². The summed E-state index contributed by atoms with van der Waals surface area (Å²) in [6, 6.07) is 15.9. The van der Waals surface area contributed by atoms with Crippen molar-refractivity contribution in [3.8, 4) is 11.1 Å². The number of likely N-dealkylation sites (N-methyl/N-ethyl adjacent to an activating group) is 1. The smallest absolute Gasteiger partial charge is 0.309 e. The van der Waals surface area contributed by atoms with Gasteiger partial charge in [-0.3, -0.25) is 24.5 Å². The number of benzene rings is 2. The Hall–Kier alpha value is -4.64. The summed E-state index contributed by atoms with van der Waals surface area (Å²) in [6.45, 7) is 5.45. The van der Waals surface area contributed by atoms with Crippen LogP contribution in [-0.4, -0.2) is 73.0 Å². The van der Waals surface area contributed by atoms with Crippen LogP contribution in [0.4, 0.5) is 5.69 Å². The number of carbonyl (C=O) groups excluding carboxylic acids is 1. The lowest BCUT2D eigenvalue weighted by Crippen LogP contribution is -2.49. The topological polar surface area (TPSA) is 116 Å². The van der Waals surface area contributed by atoms with Gasteiger partial charge in [-0.05, 0) is 54.4 Å². The minimum atomic E-state index is -0.738. The molecule has 1 saturated heterocycles. The summed E-state index contributed by atoms with van der Waals surface area (Å²) in [5.74, 6) is -0.857. The Balaban J connectivity index is 1.11. The van der Waals surface area contributed by atoms with Gasteiger partial charge in [0.25, 0.3) is 5.91 Å². The highest BCUT2D eigenvalue weighted by atomic mass is 35.5. The van der Waals surface area contributed by atoms with Gasteiger partial charge in [0, 0.05) is 87.3 Å². The lowest BCUT2D eigenvalue weighted by atomic mass is 9.96. The van der Waals surface area contributed by atoms with Gasteiger partial charge in [-0.25, -0.2) is 4.98 Å². The second-order valence-corrected chi connectivity index (χ2v) is 13.0. The summed E-state index contributed by atoms with van der Waals surface area (Å²) in [5.41, 5.74) is 9.09. The van der Waals surface area contributed by atoms with E-state index in [0.29, 0.717) is 42.6 Å². The van der Waals surface area contributed by atoms with Crippen LogP contribution in [0.15, 0.2) is 60.9 Å². The normalized spacial score (nSPS) is 15.4.